The summed E-state index contributed by atoms with van der Waals surface area (Å²) in [5.74, 6) is 0. The van der Waals surface area contributed by atoms with Crippen LogP contribution in [0.4, 0.5) is 4.79 Å². The van der Waals surface area contributed by atoms with Gasteiger partial charge < -0.3 is 14.9 Å². The van der Waals surface area contributed by atoms with E-state index in [9.17, 15) is 4.79 Å². The highest BCUT2D eigenvalue weighted by Crippen LogP contribution is 1.95. The Morgan fingerprint density at radius 2 is 2.64 bits per heavy atom. The van der Waals surface area contributed by atoms with E-state index < -0.39 is 6.09 Å². The number of carboxylic acid groups (broad SMARTS) is 1. The van der Waals surface area contributed by atoms with E-state index in [4.69, 9.17) is 5.11 Å². The van der Waals surface area contributed by atoms with Crippen LogP contribution >= 0.6 is 0 Å². The first-order valence-electron chi connectivity index (χ1n) is 3.14. The Labute approximate surface area is 63.0 Å². The van der Waals surface area contributed by atoms with Crippen molar-refractivity contribution in [3.8, 4) is 0 Å². The van der Waals surface area contributed by atoms with Crippen molar-refractivity contribution in [3.05, 3.63) is 18.0 Å². The van der Waals surface area contributed by atoms with Crippen molar-refractivity contribution in [1.29, 1.82) is 0 Å². The highest BCUT2D eigenvalue weighted by molar-refractivity contribution is 5.64. The summed E-state index contributed by atoms with van der Waals surface area (Å²) in [6.07, 6.45) is 2.64. The molecule has 1 aromatic rings. The Hall–Kier alpha value is -1.52. The quantitative estimate of drug-likeness (QED) is 0.667. The van der Waals surface area contributed by atoms with Gasteiger partial charge in [0.2, 0.25) is 0 Å². The van der Waals surface area contributed by atoms with Crippen molar-refractivity contribution in [2.24, 2.45) is 0 Å². The van der Waals surface area contributed by atoms with Gasteiger partial charge in [-0.1, -0.05) is 5.16 Å². The number of carbonyl (C=O) groups is 1. The second-order valence-corrected chi connectivity index (χ2v) is 2.01. The molecule has 1 amide bonds. The van der Waals surface area contributed by atoms with E-state index in [2.05, 4.69) is 15.0 Å². The molecule has 0 aliphatic carbocycles. The van der Waals surface area contributed by atoms with Crippen LogP contribution < -0.4 is 5.32 Å². The van der Waals surface area contributed by atoms with E-state index in [0.717, 1.165) is 5.56 Å². The molecule has 60 valence electrons. The summed E-state index contributed by atoms with van der Waals surface area (Å²) in [5, 5.41) is 13.9. The fourth-order valence-corrected chi connectivity index (χ4v) is 0.664. The summed E-state index contributed by atoms with van der Waals surface area (Å²) in [7, 11) is 0. The van der Waals surface area contributed by atoms with Crippen LogP contribution in [0, 0.1) is 0 Å². The maximum absolute atomic E-state index is 9.98. The minimum Gasteiger partial charge on any atom is -0.465 e. The molecule has 11 heavy (non-hydrogen) atoms. The van der Waals surface area contributed by atoms with Gasteiger partial charge in [-0.2, -0.15) is 0 Å². The number of nitrogens with one attached hydrogen (secondary N) is 1. The maximum atomic E-state index is 9.98. The molecule has 0 fully saturated rings. The maximum Gasteiger partial charge on any atom is 0.404 e. The third-order valence-electron chi connectivity index (χ3n) is 1.17. The standard InChI is InChI=1S/C6H8N2O3/c9-6(10)7-2-1-5-3-8-11-4-5/h3-4,7H,1-2H2,(H,9,10). The predicted molar refractivity (Wildman–Crippen MR) is 36.2 cm³/mol. The lowest BCUT2D eigenvalue weighted by Gasteiger charge is -1.95. The topological polar surface area (TPSA) is 75.4 Å². The van der Waals surface area contributed by atoms with Gasteiger partial charge in [-0.25, -0.2) is 4.79 Å². The lowest BCUT2D eigenvalue weighted by Crippen LogP contribution is -2.23. The first kappa shape index (κ1) is 7.59. The van der Waals surface area contributed by atoms with Crippen molar-refractivity contribution >= 4 is 6.09 Å². The molecule has 0 saturated heterocycles. The Bertz CT molecular complexity index is 220. The van der Waals surface area contributed by atoms with E-state index in [-0.39, 0.29) is 0 Å². The van der Waals surface area contributed by atoms with Gasteiger partial charge in [0.15, 0.2) is 0 Å². The molecule has 0 aliphatic rings. The predicted octanol–water partition coefficient (Wildman–Crippen LogP) is 0.485. The van der Waals surface area contributed by atoms with Crippen LogP contribution in [0.2, 0.25) is 0 Å². The van der Waals surface area contributed by atoms with Gasteiger partial charge >= 0.3 is 6.09 Å². The zero-order valence-corrected chi connectivity index (χ0v) is 5.78. The van der Waals surface area contributed by atoms with Gasteiger partial charge in [-0.05, 0) is 6.42 Å². The third-order valence-corrected chi connectivity index (χ3v) is 1.17. The van der Waals surface area contributed by atoms with Crippen LogP contribution in [0.1, 0.15) is 5.56 Å². The first-order chi connectivity index (χ1) is 5.29. The first-order valence-corrected chi connectivity index (χ1v) is 3.14. The van der Waals surface area contributed by atoms with Gasteiger partial charge in [0.1, 0.15) is 6.26 Å². The Kier molecular flexibility index (Phi) is 2.48. The lowest BCUT2D eigenvalue weighted by atomic mass is 10.3. The fourth-order valence-electron chi connectivity index (χ4n) is 0.664. The third kappa shape index (κ3) is 2.70. The van der Waals surface area contributed by atoms with Crippen LogP contribution in [0.25, 0.3) is 0 Å². The van der Waals surface area contributed by atoms with E-state index in [1.807, 2.05) is 0 Å². The number of hydrogen-bond acceptors (Lipinski definition) is 3. The molecule has 0 atom stereocenters. The largest absolute Gasteiger partial charge is 0.465 e. The van der Waals surface area contributed by atoms with Gasteiger partial charge in [0, 0.05) is 12.1 Å². The molecule has 1 heterocycles. The molecule has 1 aromatic heterocycles. The number of aromatic nitrogens is 1. The Morgan fingerprint density at radius 1 is 1.82 bits per heavy atom. The van der Waals surface area contributed by atoms with Crippen molar-refractivity contribution in [2.45, 2.75) is 6.42 Å². The monoisotopic (exact) mass is 156 g/mol. The Morgan fingerprint density at radius 3 is 3.18 bits per heavy atom. The van der Waals surface area contributed by atoms with E-state index in [1.54, 1.807) is 6.20 Å². The molecule has 0 aromatic carbocycles. The molecule has 2 N–H and O–H groups in total. The van der Waals surface area contributed by atoms with Crippen LogP contribution in [0.15, 0.2) is 17.0 Å². The van der Waals surface area contributed by atoms with Crippen molar-refractivity contribution in [1.82, 2.24) is 10.5 Å². The second-order valence-electron chi connectivity index (χ2n) is 2.01. The Balaban J connectivity index is 2.19. The van der Waals surface area contributed by atoms with E-state index in [1.165, 1.54) is 6.26 Å². The van der Waals surface area contributed by atoms with Crippen LogP contribution in [0.5, 0.6) is 0 Å². The molecule has 0 bridgehead atoms. The van der Waals surface area contributed by atoms with Crippen molar-refractivity contribution < 1.29 is 14.4 Å². The zero-order chi connectivity index (χ0) is 8.10. The summed E-state index contributed by atoms with van der Waals surface area (Å²) in [6.45, 7) is 0.385. The highest BCUT2D eigenvalue weighted by atomic mass is 16.5. The summed E-state index contributed by atoms with van der Waals surface area (Å²) in [6, 6.07) is 0. The molecular weight excluding hydrogens is 148 g/mol. The van der Waals surface area contributed by atoms with Crippen LogP contribution in [-0.4, -0.2) is 22.9 Å². The number of hydrogen-bond donors (Lipinski definition) is 2. The average molecular weight is 156 g/mol. The van der Waals surface area contributed by atoms with Crippen LogP contribution in [-0.2, 0) is 6.42 Å². The molecule has 0 radical (unpaired) electrons. The van der Waals surface area contributed by atoms with Gasteiger partial charge in [-0.15, -0.1) is 0 Å². The zero-order valence-electron chi connectivity index (χ0n) is 5.78. The highest BCUT2D eigenvalue weighted by Gasteiger charge is 1.96. The number of amides is 1. The summed E-state index contributed by atoms with van der Waals surface area (Å²) in [5.41, 5.74) is 0.888. The smallest absolute Gasteiger partial charge is 0.404 e. The fraction of sp³-hybridized carbons (Fsp3) is 0.333. The molecule has 0 unspecified atom stereocenters. The normalized spacial score (nSPS) is 9.45. The summed E-state index contributed by atoms with van der Waals surface area (Å²) < 4.78 is 4.55. The van der Waals surface area contributed by atoms with E-state index in [0.29, 0.717) is 13.0 Å². The van der Waals surface area contributed by atoms with Gasteiger partial charge in [-0.3, -0.25) is 0 Å². The van der Waals surface area contributed by atoms with Crippen LogP contribution in [0.3, 0.4) is 0 Å². The molecular formula is C6H8N2O3. The number of rotatable bonds is 3. The van der Waals surface area contributed by atoms with Crippen molar-refractivity contribution in [2.75, 3.05) is 6.54 Å². The van der Waals surface area contributed by atoms with Gasteiger partial charge in [0.25, 0.3) is 0 Å². The van der Waals surface area contributed by atoms with Gasteiger partial charge in [0.05, 0.1) is 6.20 Å². The summed E-state index contributed by atoms with van der Waals surface area (Å²) in [4.78, 5) is 9.98. The molecule has 0 aliphatic heterocycles. The molecule has 0 saturated carbocycles. The number of nitrogens with zero attached hydrogens (tertiary/aromatic N) is 1. The summed E-state index contributed by atoms with van der Waals surface area (Å²) >= 11 is 0. The van der Waals surface area contributed by atoms with Crippen molar-refractivity contribution in [3.63, 3.8) is 0 Å². The SMILES string of the molecule is O=C(O)NCCc1cnoc1. The van der Waals surface area contributed by atoms with E-state index >= 15 is 0 Å². The molecule has 5 heteroatoms. The molecule has 5 nitrogen and oxygen atoms in total. The minimum atomic E-state index is -1.01. The second kappa shape index (κ2) is 3.60. The lowest BCUT2D eigenvalue weighted by molar-refractivity contribution is 0.194. The average Bonchev–Trinajstić information content (AvgIpc) is 2.39. The molecule has 0 spiro atoms. The minimum absolute atomic E-state index is 0.385. The molecule has 1 rings (SSSR count).